The van der Waals surface area contributed by atoms with Crippen LogP contribution >= 0.6 is 11.6 Å². The lowest BCUT2D eigenvalue weighted by atomic mass is 9.98. The molecule has 0 spiro atoms. The van der Waals surface area contributed by atoms with Gasteiger partial charge in [-0.2, -0.15) is 0 Å². The van der Waals surface area contributed by atoms with Crippen molar-refractivity contribution < 1.29 is 8.83 Å². The zero-order valence-electron chi connectivity index (χ0n) is 19.2. The van der Waals surface area contributed by atoms with E-state index in [1.54, 1.807) is 13.3 Å². The standard InChI is InChI=1S/C30H18ClN3O2/c1-32-16-24-29-27(34-30(31)33-24)23-14-13-19(15-26(23)36-29)17-9-11-18(12-10-17)20-6-4-7-22-21-5-2-3-8-25(21)35-28(20)22/h2-16H,1H3. The van der Waals surface area contributed by atoms with Gasteiger partial charge in [-0.1, -0.05) is 66.7 Å². The molecule has 0 aliphatic carbocycles. The number of halogens is 1. The van der Waals surface area contributed by atoms with E-state index >= 15 is 0 Å². The second-order valence-corrected chi connectivity index (χ2v) is 8.95. The minimum absolute atomic E-state index is 0.166. The predicted molar refractivity (Wildman–Crippen MR) is 146 cm³/mol. The van der Waals surface area contributed by atoms with Crippen molar-refractivity contribution in [2.75, 3.05) is 7.05 Å². The highest BCUT2D eigenvalue weighted by Gasteiger charge is 2.16. The van der Waals surface area contributed by atoms with Crippen LogP contribution in [0.2, 0.25) is 5.28 Å². The van der Waals surface area contributed by atoms with E-state index in [4.69, 9.17) is 20.4 Å². The quantitative estimate of drug-likeness (QED) is 0.186. The Morgan fingerprint density at radius 2 is 1.44 bits per heavy atom. The molecule has 172 valence electrons. The normalized spacial score (nSPS) is 12.1. The lowest BCUT2D eigenvalue weighted by Gasteiger charge is -2.06. The maximum Gasteiger partial charge on any atom is 0.223 e. The van der Waals surface area contributed by atoms with Crippen molar-refractivity contribution >= 4 is 61.8 Å². The Balaban J connectivity index is 1.31. The Kier molecular flexibility index (Phi) is 4.66. The molecule has 3 aromatic heterocycles. The predicted octanol–water partition coefficient (Wildman–Crippen LogP) is 8.31. The highest BCUT2D eigenvalue weighted by molar-refractivity contribution is 6.29. The molecule has 0 atom stereocenters. The zero-order chi connectivity index (χ0) is 24.2. The largest absolute Gasteiger partial charge is 0.455 e. The first kappa shape index (κ1) is 20.9. The molecule has 0 bridgehead atoms. The molecule has 0 fully saturated rings. The summed E-state index contributed by atoms with van der Waals surface area (Å²) in [6.45, 7) is 0. The number of benzene rings is 4. The third-order valence-corrected chi connectivity index (χ3v) is 6.67. The van der Waals surface area contributed by atoms with E-state index in [-0.39, 0.29) is 5.28 Å². The van der Waals surface area contributed by atoms with Gasteiger partial charge >= 0.3 is 0 Å². The van der Waals surface area contributed by atoms with E-state index in [0.29, 0.717) is 16.8 Å². The van der Waals surface area contributed by atoms with Gasteiger partial charge in [0, 0.05) is 28.8 Å². The first-order valence-electron chi connectivity index (χ1n) is 11.5. The summed E-state index contributed by atoms with van der Waals surface area (Å²) in [6.07, 6.45) is 1.63. The van der Waals surface area contributed by atoms with Gasteiger partial charge in [0.2, 0.25) is 5.28 Å². The van der Waals surface area contributed by atoms with Crippen molar-refractivity contribution in [2.24, 2.45) is 4.99 Å². The lowest BCUT2D eigenvalue weighted by molar-refractivity contribution is 0.665. The molecule has 0 saturated heterocycles. The molecule has 5 nitrogen and oxygen atoms in total. The molecule has 0 aliphatic rings. The average molecular weight is 488 g/mol. The molecular weight excluding hydrogens is 470 g/mol. The smallest absolute Gasteiger partial charge is 0.223 e. The maximum atomic E-state index is 6.22. The molecular formula is C30H18ClN3O2. The molecule has 7 aromatic rings. The summed E-state index contributed by atoms with van der Waals surface area (Å²) in [5, 5.41) is 3.30. The Bertz CT molecular complexity index is 1970. The van der Waals surface area contributed by atoms with E-state index in [1.807, 2.05) is 30.3 Å². The van der Waals surface area contributed by atoms with E-state index in [2.05, 4.69) is 69.6 Å². The van der Waals surface area contributed by atoms with Crippen LogP contribution in [0.15, 0.2) is 98.8 Å². The molecule has 36 heavy (non-hydrogen) atoms. The van der Waals surface area contributed by atoms with E-state index < -0.39 is 0 Å². The van der Waals surface area contributed by atoms with Crippen LogP contribution in [0.25, 0.3) is 66.3 Å². The highest BCUT2D eigenvalue weighted by atomic mass is 35.5. The molecule has 6 heteroatoms. The SMILES string of the molecule is CN=Cc1nc(Cl)nc2c1oc1cc(-c3ccc(-c4cccc5c4oc4ccccc45)cc3)ccc12. The third-order valence-electron chi connectivity index (χ3n) is 6.50. The van der Waals surface area contributed by atoms with Crippen molar-refractivity contribution in [3.05, 3.63) is 95.9 Å². The fourth-order valence-electron chi connectivity index (χ4n) is 4.84. The van der Waals surface area contributed by atoms with Crippen LogP contribution in [0, 0.1) is 0 Å². The van der Waals surface area contributed by atoms with Crippen LogP contribution < -0.4 is 0 Å². The highest BCUT2D eigenvalue weighted by Crippen LogP contribution is 2.37. The van der Waals surface area contributed by atoms with E-state index in [9.17, 15) is 0 Å². The molecule has 0 N–H and O–H groups in total. The van der Waals surface area contributed by atoms with Gasteiger partial charge in [0.15, 0.2) is 5.58 Å². The van der Waals surface area contributed by atoms with Crippen molar-refractivity contribution in [3.63, 3.8) is 0 Å². The van der Waals surface area contributed by atoms with Crippen molar-refractivity contribution in [3.8, 4) is 22.3 Å². The van der Waals surface area contributed by atoms with Gasteiger partial charge in [0.05, 0.1) is 6.21 Å². The van der Waals surface area contributed by atoms with Crippen LogP contribution in [0.5, 0.6) is 0 Å². The van der Waals surface area contributed by atoms with Crippen LogP contribution in [-0.2, 0) is 0 Å². The summed E-state index contributed by atoms with van der Waals surface area (Å²) in [5.41, 5.74) is 8.64. The molecule has 0 saturated carbocycles. The summed E-state index contributed by atoms with van der Waals surface area (Å²) in [6, 6.07) is 29.0. The number of fused-ring (bicyclic) bond motifs is 6. The first-order valence-corrected chi connectivity index (χ1v) is 11.9. The van der Waals surface area contributed by atoms with Crippen LogP contribution in [-0.4, -0.2) is 23.2 Å². The number of aliphatic imine (C=N–C) groups is 1. The number of aromatic nitrogens is 2. The van der Waals surface area contributed by atoms with Gasteiger partial charge in [0.1, 0.15) is 28.0 Å². The second-order valence-electron chi connectivity index (χ2n) is 8.61. The summed E-state index contributed by atoms with van der Waals surface area (Å²) < 4.78 is 12.4. The molecule has 0 unspecified atom stereocenters. The van der Waals surface area contributed by atoms with Gasteiger partial charge in [-0.25, -0.2) is 9.97 Å². The van der Waals surface area contributed by atoms with Gasteiger partial charge in [-0.05, 0) is 46.5 Å². The number of para-hydroxylation sites is 2. The molecule has 0 amide bonds. The van der Waals surface area contributed by atoms with Crippen LogP contribution in [0.3, 0.4) is 0 Å². The minimum Gasteiger partial charge on any atom is -0.455 e. The summed E-state index contributed by atoms with van der Waals surface area (Å²) in [5.74, 6) is 0. The Labute approximate surface area is 210 Å². The number of furan rings is 2. The first-order chi connectivity index (χ1) is 17.7. The molecule has 0 radical (unpaired) electrons. The van der Waals surface area contributed by atoms with Crippen molar-refractivity contribution in [1.29, 1.82) is 0 Å². The number of nitrogens with zero attached hydrogens (tertiary/aromatic N) is 3. The minimum atomic E-state index is 0.166. The summed E-state index contributed by atoms with van der Waals surface area (Å²) in [7, 11) is 1.68. The van der Waals surface area contributed by atoms with Gasteiger partial charge in [0.25, 0.3) is 0 Å². The third kappa shape index (κ3) is 3.21. The Morgan fingerprint density at radius 1 is 0.694 bits per heavy atom. The summed E-state index contributed by atoms with van der Waals surface area (Å²) >= 11 is 6.14. The van der Waals surface area contributed by atoms with Gasteiger partial charge in [-0.15, -0.1) is 0 Å². The number of hydrogen-bond acceptors (Lipinski definition) is 5. The zero-order valence-corrected chi connectivity index (χ0v) is 20.0. The van der Waals surface area contributed by atoms with Crippen LogP contribution in [0.1, 0.15) is 5.69 Å². The lowest BCUT2D eigenvalue weighted by Crippen LogP contribution is -1.91. The monoisotopic (exact) mass is 487 g/mol. The van der Waals surface area contributed by atoms with Crippen molar-refractivity contribution in [1.82, 2.24) is 9.97 Å². The topological polar surface area (TPSA) is 64.4 Å². The maximum absolute atomic E-state index is 6.22. The fraction of sp³-hybridized carbons (Fsp3) is 0.0333. The number of rotatable bonds is 3. The summed E-state index contributed by atoms with van der Waals surface area (Å²) in [4.78, 5) is 12.7. The van der Waals surface area contributed by atoms with Crippen LogP contribution in [0.4, 0.5) is 0 Å². The van der Waals surface area contributed by atoms with E-state index in [1.165, 1.54) is 0 Å². The number of hydrogen-bond donors (Lipinski definition) is 0. The van der Waals surface area contributed by atoms with Crippen molar-refractivity contribution in [2.45, 2.75) is 0 Å². The molecule has 4 aromatic carbocycles. The fourth-order valence-corrected chi connectivity index (χ4v) is 5.02. The molecule has 3 heterocycles. The molecule has 0 aliphatic heterocycles. The van der Waals surface area contributed by atoms with E-state index in [0.717, 1.165) is 55.2 Å². The Hall–Kier alpha value is -4.48. The second kappa shape index (κ2) is 8.04. The Morgan fingerprint density at radius 3 is 2.31 bits per heavy atom. The van der Waals surface area contributed by atoms with Gasteiger partial charge in [-0.3, -0.25) is 4.99 Å². The average Bonchev–Trinajstić information content (AvgIpc) is 3.47. The molecule has 7 rings (SSSR count). The van der Waals surface area contributed by atoms with Gasteiger partial charge < -0.3 is 8.83 Å².